The fourth-order valence-corrected chi connectivity index (χ4v) is 5.17. The van der Waals surface area contributed by atoms with Crippen molar-refractivity contribution >= 4 is 10.8 Å². The van der Waals surface area contributed by atoms with Crippen molar-refractivity contribution in [3.63, 3.8) is 0 Å². The van der Waals surface area contributed by atoms with E-state index in [9.17, 15) is 4.39 Å². The van der Waals surface area contributed by atoms with Crippen LogP contribution in [0.2, 0.25) is 0 Å². The summed E-state index contributed by atoms with van der Waals surface area (Å²) in [6.45, 7) is 0. The van der Waals surface area contributed by atoms with Crippen molar-refractivity contribution in [2.75, 3.05) is 0 Å². The fourth-order valence-electron chi connectivity index (χ4n) is 5.17. The van der Waals surface area contributed by atoms with E-state index >= 15 is 0 Å². The van der Waals surface area contributed by atoms with Crippen LogP contribution < -0.4 is 0 Å². The first-order valence-electron chi connectivity index (χ1n) is 13.4. The van der Waals surface area contributed by atoms with E-state index in [1.165, 1.54) is 17.7 Å². The molecule has 7 aromatic rings. The maximum Gasteiger partial charge on any atom is 0.160 e. The molecule has 0 spiro atoms. The summed E-state index contributed by atoms with van der Waals surface area (Å²) in [6, 6.07) is 51.9. The Morgan fingerprint density at radius 2 is 1.07 bits per heavy atom. The predicted octanol–water partition coefficient (Wildman–Crippen LogP) is 9.70. The highest BCUT2D eigenvalue weighted by Gasteiger charge is 2.15. The molecule has 1 heterocycles. The Hall–Kier alpha value is -5.59. The summed E-state index contributed by atoms with van der Waals surface area (Å²) in [5.41, 5.74) is 8.81. The van der Waals surface area contributed by atoms with E-state index in [0.29, 0.717) is 5.82 Å². The number of aromatic nitrogens is 2. The smallest absolute Gasteiger partial charge is 0.160 e. The molecule has 0 aliphatic rings. The van der Waals surface area contributed by atoms with E-state index in [1.807, 2.05) is 72.8 Å². The molecular weight excluding hydrogens is 503 g/mol. The van der Waals surface area contributed by atoms with Gasteiger partial charge in [-0.15, -0.1) is 0 Å². The van der Waals surface area contributed by atoms with E-state index in [-0.39, 0.29) is 5.82 Å². The van der Waals surface area contributed by atoms with Crippen LogP contribution in [0.25, 0.3) is 66.9 Å². The van der Waals surface area contributed by atoms with Gasteiger partial charge in [0.1, 0.15) is 5.82 Å². The van der Waals surface area contributed by atoms with Gasteiger partial charge in [-0.2, -0.15) is 0 Å². The zero-order chi connectivity index (χ0) is 27.6. The number of hydrogen-bond donors (Lipinski definition) is 0. The molecule has 1 aromatic heterocycles. The van der Waals surface area contributed by atoms with Gasteiger partial charge >= 0.3 is 0 Å². The molecule has 0 atom stereocenters. The number of hydrogen-bond acceptors (Lipinski definition) is 2. The van der Waals surface area contributed by atoms with Crippen LogP contribution in [-0.2, 0) is 0 Å². The summed E-state index contributed by atoms with van der Waals surface area (Å²) in [5, 5.41) is 1.90. The molecule has 41 heavy (non-hydrogen) atoms. The second-order valence-electron chi connectivity index (χ2n) is 9.83. The average molecular weight is 527 g/mol. The van der Waals surface area contributed by atoms with E-state index in [4.69, 9.17) is 9.97 Å². The molecule has 6 aromatic carbocycles. The number of benzene rings is 5. The quantitative estimate of drug-likeness (QED) is 0.223. The van der Waals surface area contributed by atoms with Gasteiger partial charge in [-0.3, -0.25) is 0 Å². The second kappa shape index (κ2) is 10.5. The highest BCUT2D eigenvalue weighted by Crippen LogP contribution is 2.36. The summed E-state index contributed by atoms with van der Waals surface area (Å²) < 4.78 is 13.6. The van der Waals surface area contributed by atoms with Crippen molar-refractivity contribution in [1.29, 1.82) is 0 Å². The van der Waals surface area contributed by atoms with Crippen molar-refractivity contribution in [2.45, 2.75) is 0 Å². The second-order valence-corrected chi connectivity index (χ2v) is 9.83. The normalized spacial score (nSPS) is 10.9. The molecule has 0 N–H and O–H groups in total. The molecule has 0 aliphatic carbocycles. The minimum atomic E-state index is -0.260. The Morgan fingerprint density at radius 3 is 1.80 bits per heavy atom. The molecule has 192 valence electrons. The zero-order valence-electron chi connectivity index (χ0n) is 22.1. The molecule has 2 nitrogen and oxygen atoms in total. The fraction of sp³-hybridized carbons (Fsp3) is 0. The lowest BCUT2D eigenvalue weighted by Gasteiger charge is -2.13. The molecule has 7 rings (SSSR count). The van der Waals surface area contributed by atoms with Crippen molar-refractivity contribution in [1.82, 2.24) is 9.97 Å². The Bertz CT molecular complexity index is 1970. The lowest BCUT2D eigenvalue weighted by atomic mass is 9.94. The van der Waals surface area contributed by atoms with Gasteiger partial charge in [0.2, 0.25) is 0 Å². The van der Waals surface area contributed by atoms with Crippen LogP contribution in [-0.4, -0.2) is 9.97 Å². The summed E-state index contributed by atoms with van der Waals surface area (Å²) in [7, 11) is 0. The standard InChI is InChI=1S/C38H23FN2/c39-31-21-19-28(20-22-31)32-23-24-35(34-14-8-7-13-33(32)34)37-25-36(40-38(41-37)30-11-5-2-6-12-30)29-17-15-27(16-18-29)26-9-3-1-4-10-26/h1-6,8-12,14-25H. The Kier molecular flexibility index (Phi) is 6.28. The Morgan fingerprint density at radius 1 is 0.488 bits per heavy atom. The van der Waals surface area contributed by atoms with Crippen molar-refractivity contribution in [3.05, 3.63) is 157 Å². The molecular formula is C38H23FN2. The van der Waals surface area contributed by atoms with Gasteiger partial charge in [0, 0.05) is 27.5 Å². The third-order valence-corrected chi connectivity index (χ3v) is 7.25. The van der Waals surface area contributed by atoms with Gasteiger partial charge in [-0.25, -0.2) is 14.4 Å². The molecule has 0 saturated carbocycles. The monoisotopic (exact) mass is 526 g/mol. The van der Waals surface area contributed by atoms with Gasteiger partial charge in [-0.1, -0.05) is 121 Å². The zero-order valence-corrected chi connectivity index (χ0v) is 22.1. The largest absolute Gasteiger partial charge is 0.228 e. The highest BCUT2D eigenvalue weighted by atomic mass is 19.1. The number of nitrogens with zero attached hydrogens (tertiary/aromatic N) is 2. The summed E-state index contributed by atoms with van der Waals surface area (Å²) in [4.78, 5) is 10.0. The SMILES string of the molecule is Fc1ccc(-c2ccc(-c3cc(-c4ccc(-c5ccccc5)cc4)nc(-c4ccccc4)n3)c3ccc#cc23)cc1. The summed E-state index contributed by atoms with van der Waals surface area (Å²) in [6.07, 6.45) is 0. The first kappa shape index (κ1) is 24.5. The molecule has 0 bridgehead atoms. The van der Waals surface area contributed by atoms with Gasteiger partial charge in [0.05, 0.1) is 11.4 Å². The maximum atomic E-state index is 13.6. The lowest BCUT2D eigenvalue weighted by molar-refractivity contribution is 0.628. The molecule has 0 unspecified atom stereocenters. The Labute approximate surface area is 238 Å². The minimum Gasteiger partial charge on any atom is -0.228 e. The van der Waals surface area contributed by atoms with Crippen LogP contribution in [0.1, 0.15) is 0 Å². The van der Waals surface area contributed by atoms with Gasteiger partial charge < -0.3 is 0 Å². The molecule has 0 fully saturated rings. The third-order valence-electron chi connectivity index (χ3n) is 7.25. The van der Waals surface area contributed by atoms with E-state index in [0.717, 1.165) is 55.5 Å². The van der Waals surface area contributed by atoms with Gasteiger partial charge in [-0.05, 0) is 52.6 Å². The number of halogens is 1. The third kappa shape index (κ3) is 4.84. The highest BCUT2D eigenvalue weighted by molar-refractivity contribution is 6.03. The summed E-state index contributed by atoms with van der Waals surface area (Å²) in [5.74, 6) is 0.399. The molecule has 0 saturated heterocycles. The molecule has 0 radical (unpaired) electrons. The van der Waals surface area contributed by atoms with Crippen LogP contribution in [0.4, 0.5) is 4.39 Å². The van der Waals surface area contributed by atoms with Crippen LogP contribution >= 0.6 is 0 Å². The molecule has 0 aliphatic heterocycles. The van der Waals surface area contributed by atoms with E-state index in [2.05, 4.69) is 54.6 Å². The lowest BCUT2D eigenvalue weighted by Crippen LogP contribution is -1.96. The molecule has 3 heteroatoms. The minimum absolute atomic E-state index is 0.260. The first-order valence-corrected chi connectivity index (χ1v) is 13.4. The van der Waals surface area contributed by atoms with E-state index in [1.54, 1.807) is 12.1 Å². The average Bonchev–Trinajstić information content (AvgIpc) is 3.05. The van der Waals surface area contributed by atoms with Crippen LogP contribution in [0.5, 0.6) is 0 Å². The van der Waals surface area contributed by atoms with Crippen molar-refractivity contribution in [3.8, 4) is 56.2 Å². The number of fused-ring (bicyclic) bond motifs is 1. The first-order chi connectivity index (χ1) is 20.2. The Balaban J connectivity index is 1.39. The van der Waals surface area contributed by atoms with E-state index < -0.39 is 0 Å². The van der Waals surface area contributed by atoms with Crippen LogP contribution in [0.3, 0.4) is 0 Å². The molecule has 0 amide bonds. The van der Waals surface area contributed by atoms with Crippen molar-refractivity contribution < 1.29 is 4.39 Å². The maximum absolute atomic E-state index is 13.6. The number of rotatable bonds is 5. The van der Waals surface area contributed by atoms with Gasteiger partial charge in [0.25, 0.3) is 0 Å². The van der Waals surface area contributed by atoms with Gasteiger partial charge in [0.15, 0.2) is 5.82 Å². The van der Waals surface area contributed by atoms with Crippen molar-refractivity contribution in [2.24, 2.45) is 0 Å². The summed E-state index contributed by atoms with van der Waals surface area (Å²) >= 11 is 0. The predicted molar refractivity (Wildman–Crippen MR) is 164 cm³/mol. The van der Waals surface area contributed by atoms with Crippen LogP contribution in [0.15, 0.2) is 140 Å². The topological polar surface area (TPSA) is 25.8 Å². The van der Waals surface area contributed by atoms with Crippen LogP contribution in [0, 0.1) is 17.9 Å².